The first-order valence-corrected chi connectivity index (χ1v) is 4.73. The monoisotopic (exact) mass is 202 g/mol. The highest BCUT2D eigenvalue weighted by Crippen LogP contribution is 2.16. The Kier molecular flexibility index (Phi) is 2.58. The van der Waals surface area contributed by atoms with Crippen molar-refractivity contribution in [3.63, 3.8) is 0 Å². The lowest BCUT2D eigenvalue weighted by Gasteiger charge is -1.90. The zero-order valence-electron chi connectivity index (χ0n) is 8.30. The molecule has 2 aromatic rings. The van der Waals surface area contributed by atoms with Crippen molar-refractivity contribution < 1.29 is 9.32 Å². The molecule has 0 bridgehead atoms. The van der Waals surface area contributed by atoms with Gasteiger partial charge < -0.3 is 4.52 Å². The van der Waals surface area contributed by atoms with Gasteiger partial charge in [-0.1, -0.05) is 30.3 Å². The summed E-state index contributed by atoms with van der Waals surface area (Å²) in [5.74, 6) is 0.421. The Balaban J connectivity index is 2.32. The number of hydrogen-bond donors (Lipinski definition) is 0. The molecule has 1 aromatic carbocycles. The summed E-state index contributed by atoms with van der Waals surface area (Å²) in [4.78, 5) is 15.3. The van der Waals surface area contributed by atoms with E-state index in [2.05, 4.69) is 10.1 Å². The number of nitrogens with zero attached hydrogens (tertiary/aromatic N) is 2. The van der Waals surface area contributed by atoms with Crippen LogP contribution in [0.3, 0.4) is 0 Å². The third-order valence-electron chi connectivity index (χ3n) is 2.02. The van der Waals surface area contributed by atoms with E-state index in [4.69, 9.17) is 4.52 Å². The van der Waals surface area contributed by atoms with Gasteiger partial charge in [-0.2, -0.15) is 4.98 Å². The Morgan fingerprint density at radius 2 is 2.07 bits per heavy atom. The maximum Gasteiger partial charge on any atom is 0.258 e. The van der Waals surface area contributed by atoms with Crippen molar-refractivity contribution in [2.75, 3.05) is 0 Å². The van der Waals surface area contributed by atoms with E-state index in [0.29, 0.717) is 12.3 Å². The van der Waals surface area contributed by atoms with E-state index >= 15 is 0 Å². The van der Waals surface area contributed by atoms with Gasteiger partial charge in [-0.15, -0.1) is 0 Å². The highest BCUT2D eigenvalue weighted by atomic mass is 16.5. The SMILES string of the molecule is CCC(=O)c1noc(-c2ccccc2)n1. The molecule has 1 aromatic heterocycles. The zero-order valence-corrected chi connectivity index (χ0v) is 8.30. The minimum absolute atomic E-state index is 0.110. The molecule has 0 spiro atoms. The smallest absolute Gasteiger partial charge is 0.258 e. The second-order valence-electron chi connectivity index (χ2n) is 3.07. The summed E-state index contributed by atoms with van der Waals surface area (Å²) in [6, 6.07) is 9.36. The number of aromatic nitrogens is 2. The maximum atomic E-state index is 11.3. The molecule has 0 fully saturated rings. The van der Waals surface area contributed by atoms with Crippen LogP contribution in [0, 0.1) is 0 Å². The van der Waals surface area contributed by atoms with Crippen molar-refractivity contribution in [1.82, 2.24) is 10.1 Å². The molecular formula is C11H10N2O2. The van der Waals surface area contributed by atoms with Crippen LogP contribution in [0.4, 0.5) is 0 Å². The second kappa shape index (κ2) is 4.04. The highest BCUT2D eigenvalue weighted by molar-refractivity contribution is 5.92. The van der Waals surface area contributed by atoms with E-state index in [1.165, 1.54) is 0 Å². The molecule has 0 saturated carbocycles. The first-order valence-electron chi connectivity index (χ1n) is 4.73. The molecule has 1 heterocycles. The fourth-order valence-corrected chi connectivity index (χ4v) is 1.19. The fraction of sp³-hybridized carbons (Fsp3) is 0.182. The van der Waals surface area contributed by atoms with Crippen molar-refractivity contribution in [2.24, 2.45) is 0 Å². The highest BCUT2D eigenvalue weighted by Gasteiger charge is 2.13. The number of Topliss-reactive ketones (excluding diaryl/α,β-unsaturated/α-hetero) is 1. The Morgan fingerprint density at radius 3 is 2.73 bits per heavy atom. The molecule has 0 aliphatic rings. The molecule has 0 atom stereocenters. The zero-order chi connectivity index (χ0) is 10.7. The van der Waals surface area contributed by atoms with Crippen molar-refractivity contribution in [2.45, 2.75) is 13.3 Å². The molecule has 0 radical (unpaired) electrons. The molecule has 4 nitrogen and oxygen atoms in total. The number of carbonyl (C=O) groups excluding carboxylic acids is 1. The molecule has 76 valence electrons. The van der Waals surface area contributed by atoms with Crippen molar-refractivity contribution >= 4 is 5.78 Å². The molecule has 0 unspecified atom stereocenters. The van der Waals surface area contributed by atoms with Crippen LogP contribution in [0.2, 0.25) is 0 Å². The fourth-order valence-electron chi connectivity index (χ4n) is 1.19. The van der Waals surface area contributed by atoms with E-state index < -0.39 is 0 Å². The summed E-state index contributed by atoms with van der Waals surface area (Å²) in [5.41, 5.74) is 0.820. The summed E-state index contributed by atoms with van der Waals surface area (Å²) in [6.07, 6.45) is 0.383. The van der Waals surface area contributed by atoms with Gasteiger partial charge in [0.25, 0.3) is 5.89 Å². The summed E-state index contributed by atoms with van der Waals surface area (Å²) in [7, 11) is 0. The third kappa shape index (κ3) is 1.93. The molecule has 0 aliphatic carbocycles. The summed E-state index contributed by atoms with van der Waals surface area (Å²) < 4.78 is 4.99. The summed E-state index contributed by atoms with van der Waals surface area (Å²) in [6.45, 7) is 1.76. The first-order chi connectivity index (χ1) is 7.31. The molecular weight excluding hydrogens is 192 g/mol. The molecule has 2 rings (SSSR count). The normalized spacial score (nSPS) is 10.2. The third-order valence-corrected chi connectivity index (χ3v) is 2.02. The van der Waals surface area contributed by atoms with Gasteiger partial charge in [-0.3, -0.25) is 4.79 Å². The van der Waals surface area contributed by atoms with Crippen LogP contribution in [0.15, 0.2) is 34.9 Å². The van der Waals surface area contributed by atoms with E-state index in [1.54, 1.807) is 6.92 Å². The van der Waals surface area contributed by atoms with Gasteiger partial charge in [-0.05, 0) is 12.1 Å². The Morgan fingerprint density at radius 1 is 1.33 bits per heavy atom. The van der Waals surface area contributed by atoms with Gasteiger partial charge in [0.1, 0.15) is 0 Å². The van der Waals surface area contributed by atoms with Gasteiger partial charge >= 0.3 is 0 Å². The van der Waals surface area contributed by atoms with Crippen LogP contribution in [0.1, 0.15) is 24.0 Å². The molecule has 0 N–H and O–H groups in total. The Bertz CT molecular complexity index is 462. The average molecular weight is 202 g/mol. The van der Waals surface area contributed by atoms with E-state index in [1.807, 2.05) is 30.3 Å². The summed E-state index contributed by atoms with van der Waals surface area (Å²) in [5, 5.41) is 3.63. The standard InChI is InChI=1S/C11H10N2O2/c1-2-9(14)10-12-11(15-13-10)8-6-4-3-5-7-8/h3-7H,2H2,1H3. The lowest BCUT2D eigenvalue weighted by molar-refractivity contribution is 0.0975. The molecule has 0 saturated heterocycles. The van der Waals surface area contributed by atoms with Crippen molar-refractivity contribution in [3.8, 4) is 11.5 Å². The Hall–Kier alpha value is -1.97. The predicted octanol–water partition coefficient (Wildman–Crippen LogP) is 2.33. The molecule has 15 heavy (non-hydrogen) atoms. The van der Waals surface area contributed by atoms with Crippen LogP contribution in [-0.4, -0.2) is 15.9 Å². The van der Waals surface area contributed by atoms with Gasteiger partial charge in [0.05, 0.1) is 0 Å². The second-order valence-corrected chi connectivity index (χ2v) is 3.07. The molecule has 0 amide bonds. The Labute approximate surface area is 86.9 Å². The lowest BCUT2D eigenvalue weighted by Crippen LogP contribution is -1.98. The minimum Gasteiger partial charge on any atom is -0.334 e. The lowest BCUT2D eigenvalue weighted by atomic mass is 10.2. The van der Waals surface area contributed by atoms with Crippen LogP contribution < -0.4 is 0 Å². The number of carbonyl (C=O) groups is 1. The van der Waals surface area contributed by atoms with Crippen molar-refractivity contribution in [3.05, 3.63) is 36.2 Å². The molecule has 4 heteroatoms. The first kappa shape index (κ1) is 9.58. The largest absolute Gasteiger partial charge is 0.334 e. The predicted molar refractivity (Wildman–Crippen MR) is 54.4 cm³/mol. The topological polar surface area (TPSA) is 56.0 Å². The van der Waals surface area contributed by atoms with Gasteiger partial charge in [0.15, 0.2) is 0 Å². The number of hydrogen-bond acceptors (Lipinski definition) is 4. The number of ketones is 1. The average Bonchev–Trinajstić information content (AvgIpc) is 2.78. The van der Waals surface area contributed by atoms with Crippen molar-refractivity contribution in [1.29, 1.82) is 0 Å². The van der Waals surface area contributed by atoms with Gasteiger partial charge in [0.2, 0.25) is 11.6 Å². The number of benzene rings is 1. The van der Waals surface area contributed by atoms with Crippen LogP contribution in [0.5, 0.6) is 0 Å². The molecule has 0 aliphatic heterocycles. The van der Waals surface area contributed by atoms with Crippen LogP contribution in [0.25, 0.3) is 11.5 Å². The maximum absolute atomic E-state index is 11.3. The van der Waals surface area contributed by atoms with Crippen LogP contribution in [-0.2, 0) is 0 Å². The van der Waals surface area contributed by atoms with E-state index in [9.17, 15) is 4.79 Å². The van der Waals surface area contributed by atoms with E-state index in [-0.39, 0.29) is 11.6 Å². The quantitative estimate of drug-likeness (QED) is 0.717. The van der Waals surface area contributed by atoms with E-state index in [0.717, 1.165) is 5.56 Å². The van der Waals surface area contributed by atoms with Gasteiger partial charge in [-0.25, -0.2) is 0 Å². The number of rotatable bonds is 3. The minimum atomic E-state index is -0.110. The van der Waals surface area contributed by atoms with Gasteiger partial charge in [0, 0.05) is 12.0 Å². The summed E-state index contributed by atoms with van der Waals surface area (Å²) >= 11 is 0. The van der Waals surface area contributed by atoms with Crippen LogP contribution >= 0.6 is 0 Å².